The van der Waals surface area contributed by atoms with E-state index in [0.29, 0.717) is 12.8 Å². The Balaban J connectivity index is 1.57. The van der Waals surface area contributed by atoms with Crippen molar-refractivity contribution in [3.63, 3.8) is 0 Å². The Morgan fingerprint density at radius 2 is 1.73 bits per heavy atom. The topological polar surface area (TPSA) is 54.0 Å². The van der Waals surface area contributed by atoms with Crippen LogP contribution in [0.25, 0.3) is 0 Å². The van der Waals surface area contributed by atoms with Gasteiger partial charge >= 0.3 is 5.97 Å². The van der Waals surface area contributed by atoms with Gasteiger partial charge in [0.2, 0.25) is 0 Å². The third-order valence-corrected chi connectivity index (χ3v) is 6.26. The number of esters is 1. The average Bonchev–Trinajstić information content (AvgIpc) is 2.87. The molecular weight excluding hydrogens is 300 g/mol. The van der Waals surface area contributed by atoms with Crippen LogP contribution in [0.15, 0.2) is 0 Å². The van der Waals surface area contributed by atoms with Crippen molar-refractivity contribution in [2.75, 3.05) is 0 Å². The van der Waals surface area contributed by atoms with E-state index in [-0.39, 0.29) is 24.3 Å². The lowest BCUT2D eigenvalue weighted by Gasteiger charge is -2.37. The quantitative estimate of drug-likeness (QED) is 0.577. The third-order valence-electron chi connectivity index (χ3n) is 5.26. The number of carbonyl (C=O) groups is 1. The smallest absolute Gasteiger partial charge is 0.337 e. The second-order valence-electron chi connectivity index (χ2n) is 8.27. The van der Waals surface area contributed by atoms with Crippen molar-refractivity contribution in [1.29, 1.82) is 0 Å². The van der Waals surface area contributed by atoms with Gasteiger partial charge in [-0.15, -0.1) is 0 Å². The van der Waals surface area contributed by atoms with Crippen molar-refractivity contribution in [1.82, 2.24) is 0 Å². The second-order valence-corrected chi connectivity index (χ2v) is 12.7. The van der Waals surface area contributed by atoms with E-state index in [0.717, 1.165) is 25.7 Å². The molecular formula is C16H26O5Si. The SMILES string of the molecule is C[Si](C)(C)OC12C[C@@H](OC1=O)[C@@H]1OC3(CCCCC3)O[C@@H]1C2. The molecule has 22 heavy (non-hydrogen) atoms. The fourth-order valence-electron chi connectivity index (χ4n) is 4.57. The summed E-state index contributed by atoms with van der Waals surface area (Å²) in [5.41, 5.74) is -0.792. The highest BCUT2D eigenvalue weighted by Gasteiger charge is 2.65. The van der Waals surface area contributed by atoms with Crippen molar-refractivity contribution in [3.05, 3.63) is 0 Å². The van der Waals surface area contributed by atoms with Gasteiger partial charge in [-0.25, -0.2) is 4.79 Å². The summed E-state index contributed by atoms with van der Waals surface area (Å²) in [7, 11) is -1.84. The van der Waals surface area contributed by atoms with Crippen LogP contribution in [0.3, 0.4) is 0 Å². The highest BCUT2D eigenvalue weighted by Crippen LogP contribution is 2.51. The van der Waals surface area contributed by atoms with Crippen LogP contribution in [0.2, 0.25) is 19.6 Å². The fourth-order valence-corrected chi connectivity index (χ4v) is 6.00. The van der Waals surface area contributed by atoms with Gasteiger partial charge in [0.1, 0.15) is 12.2 Å². The molecule has 2 heterocycles. The lowest BCUT2D eigenvalue weighted by atomic mass is 9.82. The number of carbonyl (C=O) groups excluding carboxylic acids is 1. The maximum absolute atomic E-state index is 12.4. The molecule has 6 heteroatoms. The summed E-state index contributed by atoms with van der Waals surface area (Å²) in [6.45, 7) is 6.34. The van der Waals surface area contributed by atoms with Crippen molar-refractivity contribution < 1.29 is 23.4 Å². The van der Waals surface area contributed by atoms with Crippen molar-refractivity contribution in [2.45, 2.75) is 94.3 Å². The van der Waals surface area contributed by atoms with Gasteiger partial charge in [-0.1, -0.05) is 6.42 Å². The summed E-state index contributed by atoms with van der Waals surface area (Å²) in [5, 5.41) is 0. The molecule has 5 nitrogen and oxygen atoms in total. The first-order valence-electron chi connectivity index (χ1n) is 8.58. The normalized spacial score (nSPS) is 43.2. The maximum Gasteiger partial charge on any atom is 0.337 e. The third kappa shape index (κ3) is 2.35. The first kappa shape index (κ1) is 15.1. The van der Waals surface area contributed by atoms with Gasteiger partial charge in [-0.2, -0.15) is 0 Å². The van der Waals surface area contributed by atoms with Gasteiger partial charge < -0.3 is 18.6 Å². The van der Waals surface area contributed by atoms with E-state index >= 15 is 0 Å². The Hall–Kier alpha value is -0.433. The molecule has 0 radical (unpaired) electrons. The molecule has 2 saturated carbocycles. The summed E-state index contributed by atoms with van der Waals surface area (Å²) < 4.78 is 24.6. The Kier molecular flexibility index (Phi) is 3.29. The monoisotopic (exact) mass is 326 g/mol. The molecule has 4 atom stereocenters. The molecule has 0 aromatic carbocycles. The van der Waals surface area contributed by atoms with Crippen LogP contribution in [-0.4, -0.2) is 44.0 Å². The standard InChI is InChI=1S/C16H26O5Si/c1-22(2,3)21-15-9-11(18-14(15)17)13-12(10-15)19-16(20-13)7-5-4-6-8-16/h11-13H,4-10H2,1-3H3/t11-,12-,13+,15?/m1/s1. The van der Waals surface area contributed by atoms with Gasteiger partial charge in [-0.3, -0.25) is 0 Å². The zero-order chi connectivity index (χ0) is 15.6. The number of fused-ring (bicyclic) bond motifs is 4. The predicted octanol–water partition coefficient (Wildman–Crippen LogP) is 2.74. The van der Waals surface area contributed by atoms with Gasteiger partial charge in [0.15, 0.2) is 19.7 Å². The molecule has 2 saturated heterocycles. The lowest BCUT2D eigenvalue weighted by Crippen LogP contribution is -2.52. The van der Waals surface area contributed by atoms with Crippen molar-refractivity contribution >= 4 is 14.3 Å². The highest BCUT2D eigenvalue weighted by atomic mass is 28.4. The maximum atomic E-state index is 12.4. The van der Waals surface area contributed by atoms with Crippen LogP contribution in [0.5, 0.6) is 0 Å². The number of hydrogen-bond acceptors (Lipinski definition) is 5. The molecule has 1 unspecified atom stereocenters. The van der Waals surface area contributed by atoms with Crippen LogP contribution in [0.4, 0.5) is 0 Å². The second kappa shape index (κ2) is 4.78. The predicted molar refractivity (Wildman–Crippen MR) is 81.8 cm³/mol. The van der Waals surface area contributed by atoms with E-state index < -0.39 is 19.7 Å². The first-order valence-corrected chi connectivity index (χ1v) is 12.0. The fraction of sp³-hybridized carbons (Fsp3) is 0.938. The summed E-state index contributed by atoms with van der Waals surface area (Å²) in [5.74, 6) is -0.635. The van der Waals surface area contributed by atoms with Crippen LogP contribution in [0, 0.1) is 0 Å². The van der Waals surface area contributed by atoms with Crippen LogP contribution < -0.4 is 0 Å². The van der Waals surface area contributed by atoms with Gasteiger partial charge in [0.25, 0.3) is 0 Å². The van der Waals surface area contributed by atoms with Gasteiger partial charge in [-0.05, 0) is 32.5 Å². The van der Waals surface area contributed by atoms with Crippen LogP contribution in [0.1, 0.15) is 44.9 Å². The Labute approximate surface area is 132 Å². The zero-order valence-corrected chi connectivity index (χ0v) is 14.7. The van der Waals surface area contributed by atoms with Gasteiger partial charge in [0, 0.05) is 25.7 Å². The van der Waals surface area contributed by atoms with Crippen LogP contribution >= 0.6 is 0 Å². The van der Waals surface area contributed by atoms with Crippen molar-refractivity contribution in [3.8, 4) is 0 Å². The molecule has 0 N–H and O–H groups in total. The molecule has 4 aliphatic rings. The molecule has 4 fully saturated rings. The molecule has 0 aromatic rings. The number of rotatable bonds is 2. The average molecular weight is 326 g/mol. The highest BCUT2D eigenvalue weighted by molar-refractivity contribution is 6.70. The molecule has 4 rings (SSSR count). The molecule has 124 valence electrons. The minimum absolute atomic E-state index is 0.0698. The zero-order valence-electron chi connectivity index (χ0n) is 13.7. The summed E-state index contributed by atoms with van der Waals surface area (Å²) in [4.78, 5) is 12.4. The molecule has 2 aliphatic carbocycles. The first-order chi connectivity index (χ1) is 10.3. The molecule has 0 aromatic heterocycles. The Bertz CT molecular complexity index is 481. The molecule has 1 spiro atoms. The van der Waals surface area contributed by atoms with Crippen molar-refractivity contribution in [2.24, 2.45) is 0 Å². The minimum Gasteiger partial charge on any atom is -0.457 e. The largest absolute Gasteiger partial charge is 0.457 e. The van der Waals surface area contributed by atoms with E-state index in [4.69, 9.17) is 18.6 Å². The molecule has 2 bridgehead atoms. The minimum atomic E-state index is -1.84. The molecule has 0 amide bonds. The van der Waals surface area contributed by atoms with E-state index in [2.05, 4.69) is 19.6 Å². The van der Waals surface area contributed by atoms with Crippen LogP contribution in [-0.2, 0) is 23.4 Å². The van der Waals surface area contributed by atoms with E-state index in [9.17, 15) is 4.79 Å². The lowest BCUT2D eigenvalue weighted by molar-refractivity contribution is -0.203. The number of hydrogen-bond donors (Lipinski definition) is 0. The number of ether oxygens (including phenoxy) is 3. The summed E-state index contributed by atoms with van der Waals surface area (Å²) in [6.07, 6.45) is 6.30. The van der Waals surface area contributed by atoms with E-state index in [1.54, 1.807) is 0 Å². The van der Waals surface area contributed by atoms with Gasteiger partial charge in [0.05, 0.1) is 6.10 Å². The molecule has 2 aliphatic heterocycles. The Morgan fingerprint density at radius 3 is 2.41 bits per heavy atom. The summed E-state index contributed by atoms with van der Waals surface area (Å²) in [6, 6.07) is 0. The van der Waals surface area contributed by atoms with E-state index in [1.807, 2.05) is 0 Å². The summed E-state index contributed by atoms with van der Waals surface area (Å²) >= 11 is 0. The Morgan fingerprint density at radius 1 is 1.05 bits per heavy atom. The van der Waals surface area contributed by atoms with E-state index in [1.165, 1.54) is 6.42 Å².